The molecule has 2 heteroatoms. The van der Waals surface area contributed by atoms with E-state index >= 15 is 0 Å². The quantitative estimate of drug-likeness (QED) is 0.699. The predicted molar refractivity (Wildman–Crippen MR) is 47.3 cm³/mol. The summed E-state index contributed by atoms with van der Waals surface area (Å²) in [5, 5.41) is 10.3. The van der Waals surface area contributed by atoms with E-state index in [9.17, 15) is 5.11 Å². The zero-order chi connectivity index (χ0) is 8.55. The molecule has 1 aromatic heterocycles. The molecule has 1 N–H and O–H groups in total. The second-order valence-corrected chi connectivity index (χ2v) is 2.80. The van der Waals surface area contributed by atoms with E-state index in [0.29, 0.717) is 5.75 Å². The monoisotopic (exact) mass is 162 g/mol. The van der Waals surface area contributed by atoms with Crippen molar-refractivity contribution in [2.45, 2.75) is 13.3 Å². The third kappa shape index (κ3) is 0.961. The minimum atomic E-state index is 0.304. The van der Waals surface area contributed by atoms with Crippen LogP contribution in [0.5, 0.6) is 5.75 Å². The Bertz CT molecular complexity index is 401. The van der Waals surface area contributed by atoms with E-state index in [1.54, 1.807) is 18.4 Å². The summed E-state index contributed by atoms with van der Waals surface area (Å²) in [4.78, 5) is 0. The lowest BCUT2D eigenvalue weighted by molar-refractivity contribution is 0.480. The zero-order valence-corrected chi connectivity index (χ0v) is 6.87. The lowest BCUT2D eigenvalue weighted by Gasteiger charge is -1.98. The Morgan fingerprint density at radius 3 is 3.00 bits per heavy atom. The fraction of sp³-hybridized carbons (Fsp3) is 0.200. The first-order valence-corrected chi connectivity index (χ1v) is 4.00. The highest BCUT2D eigenvalue weighted by molar-refractivity contribution is 5.84. The molecule has 0 unspecified atom stereocenters. The van der Waals surface area contributed by atoms with Gasteiger partial charge in [0.05, 0.1) is 11.6 Å². The van der Waals surface area contributed by atoms with Crippen LogP contribution < -0.4 is 0 Å². The van der Waals surface area contributed by atoms with Gasteiger partial charge < -0.3 is 9.52 Å². The van der Waals surface area contributed by atoms with Crippen molar-refractivity contribution in [3.05, 3.63) is 30.0 Å². The molecule has 2 rings (SSSR count). The summed E-state index contributed by atoms with van der Waals surface area (Å²) in [6, 6.07) is 5.50. The molecule has 0 atom stereocenters. The second-order valence-electron chi connectivity index (χ2n) is 2.80. The molecule has 62 valence electrons. The third-order valence-electron chi connectivity index (χ3n) is 2.02. The van der Waals surface area contributed by atoms with Gasteiger partial charge in [0.15, 0.2) is 0 Å². The van der Waals surface area contributed by atoms with E-state index in [2.05, 4.69) is 0 Å². The number of aryl methyl sites for hydroxylation is 1. The molecule has 0 radical (unpaired) electrons. The van der Waals surface area contributed by atoms with E-state index in [4.69, 9.17) is 4.42 Å². The van der Waals surface area contributed by atoms with E-state index in [1.165, 1.54) is 0 Å². The van der Waals surface area contributed by atoms with Crippen molar-refractivity contribution in [3.8, 4) is 5.75 Å². The predicted octanol–water partition coefficient (Wildman–Crippen LogP) is 2.70. The summed E-state index contributed by atoms with van der Waals surface area (Å²) in [5.41, 5.74) is 1.85. The number of fused-ring (bicyclic) bond motifs is 1. The SMILES string of the molecule is CCc1cc(O)c2ccoc2c1. The molecule has 1 aromatic carbocycles. The lowest BCUT2D eigenvalue weighted by atomic mass is 10.1. The molecule has 0 spiro atoms. The standard InChI is InChI=1S/C10H10O2/c1-2-7-5-9(11)8-3-4-12-10(8)6-7/h3-6,11H,2H2,1H3. The fourth-order valence-corrected chi connectivity index (χ4v) is 1.31. The van der Waals surface area contributed by atoms with Crippen LogP contribution in [0.4, 0.5) is 0 Å². The zero-order valence-electron chi connectivity index (χ0n) is 6.87. The van der Waals surface area contributed by atoms with Crippen molar-refractivity contribution in [3.63, 3.8) is 0 Å². The van der Waals surface area contributed by atoms with Crippen LogP contribution >= 0.6 is 0 Å². The Hall–Kier alpha value is -1.44. The smallest absolute Gasteiger partial charge is 0.137 e. The van der Waals surface area contributed by atoms with E-state index in [0.717, 1.165) is 23.0 Å². The summed E-state index contributed by atoms with van der Waals surface area (Å²) in [7, 11) is 0. The van der Waals surface area contributed by atoms with Crippen molar-refractivity contribution >= 4 is 11.0 Å². The summed E-state index contributed by atoms with van der Waals surface area (Å²) in [5.74, 6) is 0.304. The molecule has 0 amide bonds. The van der Waals surface area contributed by atoms with Gasteiger partial charge in [0, 0.05) is 0 Å². The Kier molecular flexibility index (Phi) is 1.54. The average molecular weight is 162 g/mol. The van der Waals surface area contributed by atoms with Crippen LogP contribution in [0.25, 0.3) is 11.0 Å². The molecule has 0 aliphatic rings. The van der Waals surface area contributed by atoms with Gasteiger partial charge in [0.25, 0.3) is 0 Å². The highest BCUT2D eigenvalue weighted by Gasteiger charge is 2.03. The largest absolute Gasteiger partial charge is 0.507 e. The first-order valence-electron chi connectivity index (χ1n) is 4.00. The molecule has 12 heavy (non-hydrogen) atoms. The highest BCUT2D eigenvalue weighted by atomic mass is 16.3. The minimum absolute atomic E-state index is 0.304. The molecule has 1 heterocycles. The van der Waals surface area contributed by atoms with Crippen molar-refractivity contribution in [1.29, 1.82) is 0 Å². The number of phenols is 1. The fourth-order valence-electron chi connectivity index (χ4n) is 1.31. The number of furan rings is 1. The molecular weight excluding hydrogens is 152 g/mol. The van der Waals surface area contributed by atoms with Crippen LogP contribution in [-0.4, -0.2) is 5.11 Å². The van der Waals surface area contributed by atoms with Gasteiger partial charge in [-0.05, 0) is 30.2 Å². The van der Waals surface area contributed by atoms with Gasteiger partial charge in [-0.3, -0.25) is 0 Å². The Morgan fingerprint density at radius 1 is 1.42 bits per heavy atom. The van der Waals surface area contributed by atoms with Crippen molar-refractivity contribution in [2.24, 2.45) is 0 Å². The minimum Gasteiger partial charge on any atom is -0.507 e. The van der Waals surface area contributed by atoms with E-state index in [1.807, 2.05) is 13.0 Å². The topological polar surface area (TPSA) is 33.4 Å². The number of rotatable bonds is 1. The van der Waals surface area contributed by atoms with Crippen LogP contribution in [0, 0.1) is 0 Å². The Morgan fingerprint density at radius 2 is 2.25 bits per heavy atom. The van der Waals surface area contributed by atoms with Gasteiger partial charge in [0.2, 0.25) is 0 Å². The number of hydrogen-bond acceptors (Lipinski definition) is 2. The molecule has 0 saturated heterocycles. The van der Waals surface area contributed by atoms with Crippen LogP contribution in [-0.2, 0) is 6.42 Å². The van der Waals surface area contributed by atoms with Gasteiger partial charge in [0.1, 0.15) is 11.3 Å². The highest BCUT2D eigenvalue weighted by Crippen LogP contribution is 2.27. The maximum atomic E-state index is 9.51. The molecule has 0 saturated carbocycles. The van der Waals surface area contributed by atoms with E-state index < -0.39 is 0 Å². The Balaban J connectivity index is 2.75. The molecule has 0 fully saturated rings. The van der Waals surface area contributed by atoms with E-state index in [-0.39, 0.29) is 0 Å². The van der Waals surface area contributed by atoms with Crippen LogP contribution in [0.1, 0.15) is 12.5 Å². The van der Waals surface area contributed by atoms with Crippen molar-refractivity contribution in [2.75, 3.05) is 0 Å². The summed E-state index contributed by atoms with van der Waals surface area (Å²) >= 11 is 0. The van der Waals surface area contributed by atoms with Gasteiger partial charge in [-0.1, -0.05) is 6.92 Å². The molecule has 2 aromatic rings. The van der Waals surface area contributed by atoms with Crippen LogP contribution in [0.3, 0.4) is 0 Å². The lowest BCUT2D eigenvalue weighted by Crippen LogP contribution is -1.78. The summed E-state index contributed by atoms with van der Waals surface area (Å²) in [6.07, 6.45) is 2.49. The number of phenolic OH excluding ortho intramolecular Hbond substituents is 1. The van der Waals surface area contributed by atoms with Gasteiger partial charge in [-0.15, -0.1) is 0 Å². The maximum absolute atomic E-state index is 9.51. The Labute approximate surface area is 70.4 Å². The summed E-state index contributed by atoms with van der Waals surface area (Å²) in [6.45, 7) is 2.05. The van der Waals surface area contributed by atoms with Gasteiger partial charge in [-0.2, -0.15) is 0 Å². The molecular formula is C10H10O2. The molecule has 0 aliphatic heterocycles. The third-order valence-corrected chi connectivity index (χ3v) is 2.02. The molecule has 0 aliphatic carbocycles. The van der Waals surface area contributed by atoms with Gasteiger partial charge in [-0.25, -0.2) is 0 Å². The number of hydrogen-bond donors (Lipinski definition) is 1. The van der Waals surface area contributed by atoms with Crippen LogP contribution in [0.2, 0.25) is 0 Å². The van der Waals surface area contributed by atoms with Crippen molar-refractivity contribution < 1.29 is 9.52 Å². The summed E-state index contributed by atoms with van der Waals surface area (Å²) < 4.78 is 5.18. The van der Waals surface area contributed by atoms with Gasteiger partial charge >= 0.3 is 0 Å². The normalized spacial score (nSPS) is 10.8. The van der Waals surface area contributed by atoms with Crippen molar-refractivity contribution in [1.82, 2.24) is 0 Å². The first kappa shape index (κ1) is 7.22. The maximum Gasteiger partial charge on any atom is 0.137 e. The first-order chi connectivity index (χ1) is 5.81. The molecule has 0 bridgehead atoms. The number of benzene rings is 1. The number of aromatic hydroxyl groups is 1. The van der Waals surface area contributed by atoms with Crippen LogP contribution in [0.15, 0.2) is 28.9 Å². The second kappa shape index (κ2) is 2.55. The molecule has 2 nitrogen and oxygen atoms in total. The average Bonchev–Trinajstić information content (AvgIpc) is 2.52.